The first-order chi connectivity index (χ1) is 15.3. The van der Waals surface area contributed by atoms with Crippen LogP contribution in [-0.4, -0.2) is 30.9 Å². The van der Waals surface area contributed by atoms with Crippen molar-refractivity contribution in [2.45, 2.75) is 38.1 Å². The summed E-state index contributed by atoms with van der Waals surface area (Å²) in [5, 5.41) is 0. The van der Waals surface area contributed by atoms with E-state index in [0.29, 0.717) is 19.8 Å². The van der Waals surface area contributed by atoms with E-state index < -0.39 is 24.3 Å². The van der Waals surface area contributed by atoms with Gasteiger partial charge in [-0.15, -0.1) is 0 Å². The maximum Gasteiger partial charge on any atom is 0.338 e. The Morgan fingerprint density at radius 2 is 1.13 bits per heavy atom. The molecular formula is C26H26O5. The zero-order chi connectivity index (χ0) is 21.3. The molecule has 5 heteroatoms. The van der Waals surface area contributed by atoms with Crippen LogP contribution in [0.15, 0.2) is 91.0 Å². The number of rotatable bonds is 10. The summed E-state index contributed by atoms with van der Waals surface area (Å²) < 4.78 is 23.5. The number of benzene rings is 3. The standard InChI is InChI=1S/C26H26O5/c27-26-25(30-18-22-14-8-3-9-15-22)24(29-17-21-12-6-2-7-13-21)23(31-26)19-28-16-20-10-4-1-5-11-20/h1-15,23-25H,16-19H2/t23-,24+,25+/m1/s1. The Bertz CT molecular complexity index is 930. The molecule has 0 N–H and O–H groups in total. The highest BCUT2D eigenvalue weighted by molar-refractivity contribution is 5.78. The lowest BCUT2D eigenvalue weighted by molar-refractivity contribution is -0.152. The molecule has 3 aromatic carbocycles. The van der Waals surface area contributed by atoms with E-state index in [0.717, 1.165) is 16.7 Å². The smallest absolute Gasteiger partial charge is 0.338 e. The lowest BCUT2D eigenvalue weighted by Crippen LogP contribution is -2.38. The average molecular weight is 418 g/mol. The van der Waals surface area contributed by atoms with Crippen LogP contribution in [0.4, 0.5) is 0 Å². The largest absolute Gasteiger partial charge is 0.455 e. The average Bonchev–Trinajstić information content (AvgIpc) is 3.12. The molecule has 0 bridgehead atoms. The molecule has 1 heterocycles. The van der Waals surface area contributed by atoms with Crippen LogP contribution in [-0.2, 0) is 43.6 Å². The molecule has 1 fully saturated rings. The summed E-state index contributed by atoms with van der Waals surface area (Å²) in [6.45, 7) is 1.35. The summed E-state index contributed by atoms with van der Waals surface area (Å²) in [5.74, 6) is -0.415. The van der Waals surface area contributed by atoms with Crippen LogP contribution in [0.1, 0.15) is 16.7 Å². The summed E-state index contributed by atoms with van der Waals surface area (Å²) in [6.07, 6.45) is -1.87. The minimum atomic E-state index is -0.797. The van der Waals surface area contributed by atoms with E-state index in [9.17, 15) is 4.79 Å². The normalized spacial score (nSPS) is 20.5. The quantitative estimate of drug-likeness (QED) is 0.460. The Labute approximate surface area is 182 Å². The maximum absolute atomic E-state index is 12.6. The zero-order valence-corrected chi connectivity index (χ0v) is 17.3. The lowest BCUT2D eigenvalue weighted by Gasteiger charge is -2.22. The molecule has 0 spiro atoms. The molecule has 3 atom stereocenters. The minimum absolute atomic E-state index is 0.241. The molecule has 0 saturated carbocycles. The first kappa shape index (κ1) is 21.2. The highest BCUT2D eigenvalue weighted by Gasteiger charge is 2.46. The molecule has 4 rings (SSSR count). The van der Waals surface area contributed by atoms with E-state index in [1.165, 1.54) is 0 Å². The van der Waals surface area contributed by atoms with Crippen molar-refractivity contribution in [2.24, 2.45) is 0 Å². The second-order valence-corrected chi connectivity index (χ2v) is 7.45. The summed E-state index contributed by atoms with van der Waals surface area (Å²) in [7, 11) is 0. The van der Waals surface area contributed by atoms with Gasteiger partial charge in [0, 0.05) is 0 Å². The van der Waals surface area contributed by atoms with Gasteiger partial charge in [0.15, 0.2) is 12.2 Å². The monoisotopic (exact) mass is 418 g/mol. The Hall–Kier alpha value is -2.99. The maximum atomic E-state index is 12.6. The topological polar surface area (TPSA) is 54.0 Å². The van der Waals surface area contributed by atoms with E-state index in [1.807, 2.05) is 91.0 Å². The van der Waals surface area contributed by atoms with Crippen molar-refractivity contribution < 1.29 is 23.7 Å². The number of carbonyl (C=O) groups is 1. The van der Waals surface area contributed by atoms with Crippen molar-refractivity contribution in [2.75, 3.05) is 6.61 Å². The molecule has 0 amide bonds. The van der Waals surface area contributed by atoms with E-state index in [2.05, 4.69) is 0 Å². The van der Waals surface area contributed by atoms with Gasteiger partial charge in [-0.25, -0.2) is 4.79 Å². The van der Waals surface area contributed by atoms with Gasteiger partial charge < -0.3 is 18.9 Å². The molecule has 3 aromatic rings. The number of hydrogen-bond acceptors (Lipinski definition) is 5. The zero-order valence-electron chi connectivity index (χ0n) is 17.3. The Balaban J connectivity index is 1.40. The number of ether oxygens (including phenoxy) is 4. The molecule has 0 radical (unpaired) electrons. The van der Waals surface area contributed by atoms with Crippen LogP contribution >= 0.6 is 0 Å². The molecular weight excluding hydrogens is 392 g/mol. The molecule has 0 aromatic heterocycles. The van der Waals surface area contributed by atoms with E-state index in [4.69, 9.17) is 18.9 Å². The van der Waals surface area contributed by atoms with Gasteiger partial charge in [-0.2, -0.15) is 0 Å². The van der Waals surface area contributed by atoms with Crippen LogP contribution in [0.25, 0.3) is 0 Å². The van der Waals surface area contributed by atoms with Crippen molar-refractivity contribution in [3.63, 3.8) is 0 Å². The van der Waals surface area contributed by atoms with Crippen molar-refractivity contribution in [1.29, 1.82) is 0 Å². The predicted octanol–water partition coefficient (Wildman–Crippen LogP) is 4.30. The van der Waals surface area contributed by atoms with Gasteiger partial charge in [-0.1, -0.05) is 91.0 Å². The molecule has 160 valence electrons. The van der Waals surface area contributed by atoms with Crippen LogP contribution in [0.3, 0.4) is 0 Å². The first-order valence-corrected chi connectivity index (χ1v) is 10.4. The van der Waals surface area contributed by atoms with Gasteiger partial charge in [0.1, 0.15) is 6.10 Å². The van der Waals surface area contributed by atoms with Crippen LogP contribution in [0.2, 0.25) is 0 Å². The fraction of sp³-hybridized carbons (Fsp3) is 0.269. The van der Waals surface area contributed by atoms with E-state index in [1.54, 1.807) is 0 Å². The molecule has 0 unspecified atom stereocenters. The van der Waals surface area contributed by atoms with Crippen molar-refractivity contribution in [3.8, 4) is 0 Å². The number of hydrogen-bond donors (Lipinski definition) is 0. The Morgan fingerprint density at radius 1 is 0.645 bits per heavy atom. The van der Waals surface area contributed by atoms with Gasteiger partial charge in [0.2, 0.25) is 0 Å². The van der Waals surface area contributed by atoms with Gasteiger partial charge in [-0.3, -0.25) is 0 Å². The number of carbonyl (C=O) groups excluding carboxylic acids is 1. The third-order valence-electron chi connectivity index (χ3n) is 5.12. The molecule has 1 saturated heterocycles. The second kappa shape index (κ2) is 10.9. The van der Waals surface area contributed by atoms with Gasteiger partial charge >= 0.3 is 5.97 Å². The summed E-state index contributed by atoms with van der Waals surface area (Å²) in [5.41, 5.74) is 3.07. The number of cyclic esters (lactones) is 1. The third kappa shape index (κ3) is 6.01. The summed E-state index contributed by atoms with van der Waals surface area (Å²) >= 11 is 0. The fourth-order valence-corrected chi connectivity index (χ4v) is 3.49. The van der Waals surface area contributed by atoms with Crippen LogP contribution in [0, 0.1) is 0 Å². The Kier molecular flexibility index (Phi) is 7.45. The molecule has 1 aliphatic rings. The predicted molar refractivity (Wildman–Crippen MR) is 116 cm³/mol. The lowest BCUT2D eigenvalue weighted by atomic mass is 10.1. The van der Waals surface area contributed by atoms with Crippen LogP contribution in [0.5, 0.6) is 0 Å². The Morgan fingerprint density at radius 3 is 1.68 bits per heavy atom. The summed E-state index contributed by atoms with van der Waals surface area (Å²) in [4.78, 5) is 12.6. The minimum Gasteiger partial charge on any atom is -0.455 e. The van der Waals surface area contributed by atoms with Gasteiger partial charge in [-0.05, 0) is 16.7 Å². The highest BCUT2D eigenvalue weighted by atomic mass is 16.6. The molecule has 1 aliphatic heterocycles. The second-order valence-electron chi connectivity index (χ2n) is 7.45. The van der Waals surface area contributed by atoms with Crippen molar-refractivity contribution in [1.82, 2.24) is 0 Å². The van der Waals surface area contributed by atoms with Crippen molar-refractivity contribution in [3.05, 3.63) is 108 Å². The van der Waals surface area contributed by atoms with E-state index >= 15 is 0 Å². The SMILES string of the molecule is O=C1O[C@H](COCc2ccccc2)[C@H](OCc2ccccc2)[C@@H]1OCc1ccccc1. The number of esters is 1. The third-order valence-corrected chi connectivity index (χ3v) is 5.12. The fourth-order valence-electron chi connectivity index (χ4n) is 3.49. The van der Waals surface area contributed by atoms with Gasteiger partial charge in [0.05, 0.1) is 26.4 Å². The first-order valence-electron chi connectivity index (χ1n) is 10.4. The highest BCUT2D eigenvalue weighted by Crippen LogP contribution is 2.25. The van der Waals surface area contributed by atoms with Crippen molar-refractivity contribution >= 4 is 5.97 Å². The van der Waals surface area contributed by atoms with Gasteiger partial charge in [0.25, 0.3) is 0 Å². The van der Waals surface area contributed by atoms with Crippen LogP contribution < -0.4 is 0 Å². The summed E-state index contributed by atoms with van der Waals surface area (Å²) in [6, 6.07) is 29.5. The van der Waals surface area contributed by atoms with E-state index in [-0.39, 0.29) is 6.61 Å². The molecule has 0 aliphatic carbocycles. The molecule has 5 nitrogen and oxygen atoms in total. The molecule has 31 heavy (non-hydrogen) atoms.